The van der Waals surface area contributed by atoms with Crippen LogP contribution in [0.2, 0.25) is 0 Å². The van der Waals surface area contributed by atoms with Crippen LogP contribution in [-0.4, -0.2) is 0 Å². The largest absolute Gasteiger partial charge is 0.192 e. The van der Waals surface area contributed by atoms with Gasteiger partial charge in [-0.2, -0.15) is 10.5 Å². The molecule has 0 radical (unpaired) electrons. The fourth-order valence-electron chi connectivity index (χ4n) is 3.43. The standard InChI is InChI=1S/C28H18N2/c29-19-27(20-30)28(17-11-21-10-12-23-8-4-5-9-26(23)18-21)25-15-13-24(14-16-25)22-6-2-1-3-7-22/h1-18H/b17-11+. The lowest BCUT2D eigenvalue weighted by Gasteiger charge is -2.06. The van der Waals surface area contributed by atoms with Gasteiger partial charge >= 0.3 is 0 Å². The average molecular weight is 382 g/mol. The molecule has 0 unspecified atom stereocenters. The van der Waals surface area contributed by atoms with Gasteiger partial charge in [0, 0.05) is 5.57 Å². The Hall–Kier alpha value is -4.40. The number of fused-ring (bicyclic) bond motifs is 1. The van der Waals surface area contributed by atoms with Gasteiger partial charge in [0.2, 0.25) is 0 Å². The van der Waals surface area contributed by atoms with Gasteiger partial charge in [0.15, 0.2) is 0 Å². The molecule has 0 aliphatic rings. The first-order chi connectivity index (χ1) is 14.8. The first-order valence-corrected chi connectivity index (χ1v) is 9.66. The molecule has 2 nitrogen and oxygen atoms in total. The lowest BCUT2D eigenvalue weighted by Crippen LogP contribution is -1.88. The van der Waals surface area contributed by atoms with E-state index in [1.165, 1.54) is 5.39 Å². The third-order valence-electron chi connectivity index (χ3n) is 5.01. The Morgan fingerprint density at radius 2 is 1.27 bits per heavy atom. The molecule has 140 valence electrons. The summed E-state index contributed by atoms with van der Waals surface area (Å²) >= 11 is 0. The number of nitriles is 2. The number of hydrogen-bond acceptors (Lipinski definition) is 2. The van der Waals surface area contributed by atoms with Crippen molar-refractivity contribution in [3.63, 3.8) is 0 Å². The van der Waals surface area contributed by atoms with Gasteiger partial charge in [-0.1, -0.05) is 103 Å². The molecule has 0 bridgehead atoms. The molecular weight excluding hydrogens is 364 g/mol. The molecule has 0 N–H and O–H groups in total. The molecule has 0 aliphatic heterocycles. The molecule has 4 rings (SSSR count). The van der Waals surface area contributed by atoms with Crippen molar-refractivity contribution < 1.29 is 0 Å². The highest BCUT2D eigenvalue weighted by atomic mass is 14.3. The van der Waals surface area contributed by atoms with Crippen LogP contribution < -0.4 is 0 Å². The molecule has 30 heavy (non-hydrogen) atoms. The zero-order chi connectivity index (χ0) is 20.8. The van der Waals surface area contributed by atoms with Gasteiger partial charge < -0.3 is 0 Å². The van der Waals surface area contributed by atoms with Crippen LogP contribution in [0.15, 0.2) is 109 Å². The summed E-state index contributed by atoms with van der Waals surface area (Å²) in [4.78, 5) is 0. The second kappa shape index (κ2) is 8.74. The van der Waals surface area contributed by atoms with E-state index in [1.807, 2.05) is 85.0 Å². The molecule has 2 heteroatoms. The van der Waals surface area contributed by atoms with Gasteiger partial charge in [-0.3, -0.25) is 0 Å². The molecule has 0 saturated heterocycles. The van der Waals surface area contributed by atoms with E-state index in [1.54, 1.807) is 0 Å². The SMILES string of the molecule is N#CC(C#N)=C(/C=C/c1ccc2ccccc2c1)c1ccc(-c2ccccc2)cc1. The van der Waals surface area contributed by atoms with Crippen LogP contribution in [0.3, 0.4) is 0 Å². The van der Waals surface area contributed by atoms with Crippen LogP contribution >= 0.6 is 0 Å². The zero-order valence-electron chi connectivity index (χ0n) is 16.3. The Bertz CT molecular complexity index is 1310. The molecular formula is C28H18N2. The summed E-state index contributed by atoms with van der Waals surface area (Å²) in [5, 5.41) is 21.3. The average Bonchev–Trinajstić information content (AvgIpc) is 2.82. The molecule has 0 heterocycles. The van der Waals surface area contributed by atoms with Gasteiger partial charge in [0.25, 0.3) is 0 Å². The van der Waals surface area contributed by atoms with Crippen molar-refractivity contribution in [1.29, 1.82) is 10.5 Å². The molecule has 0 aliphatic carbocycles. The minimum Gasteiger partial charge on any atom is -0.192 e. The highest BCUT2D eigenvalue weighted by Gasteiger charge is 2.07. The van der Waals surface area contributed by atoms with Crippen molar-refractivity contribution in [2.75, 3.05) is 0 Å². The van der Waals surface area contributed by atoms with E-state index in [2.05, 4.69) is 36.4 Å². The number of allylic oxidation sites excluding steroid dienone is 3. The van der Waals surface area contributed by atoms with E-state index in [0.717, 1.165) is 27.6 Å². The van der Waals surface area contributed by atoms with Crippen LogP contribution in [0.1, 0.15) is 11.1 Å². The Balaban J connectivity index is 1.70. The van der Waals surface area contributed by atoms with Crippen molar-refractivity contribution in [3.05, 3.63) is 120 Å². The van der Waals surface area contributed by atoms with Crippen LogP contribution in [0.4, 0.5) is 0 Å². The summed E-state index contributed by atoms with van der Waals surface area (Å²) in [6.45, 7) is 0. The molecule has 0 amide bonds. The Morgan fingerprint density at radius 3 is 1.97 bits per heavy atom. The lowest BCUT2D eigenvalue weighted by molar-refractivity contribution is 1.46. The van der Waals surface area contributed by atoms with E-state index in [9.17, 15) is 10.5 Å². The second-order valence-corrected chi connectivity index (χ2v) is 6.90. The highest BCUT2D eigenvalue weighted by Crippen LogP contribution is 2.26. The van der Waals surface area contributed by atoms with Gasteiger partial charge in [0.05, 0.1) is 0 Å². The third-order valence-corrected chi connectivity index (χ3v) is 5.01. The predicted octanol–water partition coefficient (Wildman–Crippen LogP) is 7.02. The minimum absolute atomic E-state index is 0.0968. The van der Waals surface area contributed by atoms with E-state index in [-0.39, 0.29) is 5.57 Å². The van der Waals surface area contributed by atoms with Gasteiger partial charge in [-0.05, 0) is 39.1 Å². The summed E-state index contributed by atoms with van der Waals surface area (Å²) in [6, 6.07) is 36.5. The van der Waals surface area contributed by atoms with E-state index < -0.39 is 0 Å². The maximum atomic E-state index is 9.46. The molecule has 0 saturated carbocycles. The Kier molecular flexibility index (Phi) is 5.52. The topological polar surface area (TPSA) is 47.6 Å². The van der Waals surface area contributed by atoms with Gasteiger partial charge in [0.1, 0.15) is 17.7 Å². The highest BCUT2D eigenvalue weighted by molar-refractivity contribution is 5.88. The molecule has 0 aromatic heterocycles. The van der Waals surface area contributed by atoms with Crippen molar-refractivity contribution in [1.82, 2.24) is 0 Å². The van der Waals surface area contributed by atoms with Crippen molar-refractivity contribution in [2.45, 2.75) is 0 Å². The lowest BCUT2D eigenvalue weighted by atomic mass is 9.96. The number of hydrogen-bond donors (Lipinski definition) is 0. The molecule has 4 aromatic rings. The summed E-state index contributed by atoms with van der Waals surface area (Å²) in [7, 11) is 0. The Morgan fingerprint density at radius 1 is 0.633 bits per heavy atom. The van der Waals surface area contributed by atoms with Crippen molar-refractivity contribution in [2.24, 2.45) is 0 Å². The zero-order valence-corrected chi connectivity index (χ0v) is 16.3. The van der Waals surface area contributed by atoms with Crippen LogP contribution in [0.5, 0.6) is 0 Å². The molecule has 0 spiro atoms. The van der Waals surface area contributed by atoms with Crippen molar-refractivity contribution in [3.8, 4) is 23.3 Å². The maximum Gasteiger partial charge on any atom is 0.137 e. The van der Waals surface area contributed by atoms with Crippen molar-refractivity contribution >= 4 is 22.4 Å². The minimum atomic E-state index is 0.0968. The quantitative estimate of drug-likeness (QED) is 0.281. The first kappa shape index (κ1) is 18.9. The van der Waals surface area contributed by atoms with Crippen LogP contribution in [0, 0.1) is 22.7 Å². The van der Waals surface area contributed by atoms with Crippen LogP contribution in [0.25, 0.3) is 33.5 Å². The van der Waals surface area contributed by atoms with E-state index in [0.29, 0.717) is 5.57 Å². The molecule has 4 aromatic carbocycles. The number of nitrogens with zero attached hydrogens (tertiary/aromatic N) is 2. The van der Waals surface area contributed by atoms with E-state index >= 15 is 0 Å². The monoisotopic (exact) mass is 382 g/mol. The first-order valence-electron chi connectivity index (χ1n) is 9.66. The fraction of sp³-hybridized carbons (Fsp3) is 0. The Labute approximate surface area is 176 Å². The summed E-state index contributed by atoms with van der Waals surface area (Å²) in [6.07, 6.45) is 3.80. The maximum absolute atomic E-state index is 9.46. The normalized spacial score (nSPS) is 10.5. The smallest absolute Gasteiger partial charge is 0.137 e. The van der Waals surface area contributed by atoms with Gasteiger partial charge in [-0.15, -0.1) is 0 Å². The number of benzene rings is 4. The summed E-state index contributed by atoms with van der Waals surface area (Å²) in [5.74, 6) is 0. The molecule has 0 fully saturated rings. The summed E-state index contributed by atoms with van der Waals surface area (Å²) < 4.78 is 0. The number of rotatable bonds is 4. The van der Waals surface area contributed by atoms with Gasteiger partial charge in [-0.25, -0.2) is 0 Å². The van der Waals surface area contributed by atoms with E-state index in [4.69, 9.17) is 0 Å². The third kappa shape index (κ3) is 4.04. The van der Waals surface area contributed by atoms with Crippen LogP contribution in [-0.2, 0) is 0 Å². The second-order valence-electron chi connectivity index (χ2n) is 6.90. The predicted molar refractivity (Wildman–Crippen MR) is 123 cm³/mol. The summed E-state index contributed by atoms with van der Waals surface area (Å²) in [5.41, 5.74) is 4.79. The fourth-order valence-corrected chi connectivity index (χ4v) is 3.43. The molecule has 0 atom stereocenters.